The van der Waals surface area contributed by atoms with Gasteiger partial charge in [-0.1, -0.05) is 65.3 Å². The number of carbonyl (C=O) groups excluding carboxylic acids is 1. The number of benzene rings is 3. The molecular weight excluding hydrogens is 444 g/mol. The third-order valence-corrected chi connectivity index (χ3v) is 6.66. The first-order valence-electron chi connectivity index (χ1n) is 11.0. The van der Waals surface area contributed by atoms with E-state index in [1.807, 2.05) is 99.0 Å². The molecule has 2 amide bonds. The number of anilines is 1. The fourth-order valence-corrected chi connectivity index (χ4v) is 4.52. The molecule has 0 spiro atoms. The quantitative estimate of drug-likeness (QED) is 0.340. The van der Waals surface area contributed by atoms with Crippen LogP contribution in [0.5, 0.6) is 0 Å². The van der Waals surface area contributed by atoms with Gasteiger partial charge in [0.15, 0.2) is 0 Å². The molecule has 7 heteroatoms. The summed E-state index contributed by atoms with van der Waals surface area (Å²) in [4.78, 5) is 20.8. The number of allylic oxidation sites excluding steroid dienone is 1. The van der Waals surface area contributed by atoms with Gasteiger partial charge in [-0.2, -0.15) is 4.98 Å². The third-order valence-electron chi connectivity index (χ3n) is 5.91. The van der Waals surface area contributed by atoms with Crippen molar-refractivity contribution in [3.63, 3.8) is 0 Å². The first-order chi connectivity index (χ1) is 16.5. The molecule has 5 rings (SSSR count). The van der Waals surface area contributed by atoms with Crippen molar-refractivity contribution in [3.05, 3.63) is 102 Å². The zero-order chi connectivity index (χ0) is 23.7. The van der Waals surface area contributed by atoms with Crippen molar-refractivity contribution in [1.82, 2.24) is 15.5 Å². The summed E-state index contributed by atoms with van der Waals surface area (Å²) < 4.78 is 5.77. The summed E-state index contributed by atoms with van der Waals surface area (Å²) in [7, 11) is 0. The predicted molar refractivity (Wildman–Crippen MR) is 135 cm³/mol. The van der Waals surface area contributed by atoms with Gasteiger partial charge in [0, 0.05) is 16.2 Å². The van der Waals surface area contributed by atoms with E-state index in [2.05, 4.69) is 10.5 Å². The number of aromatic nitrogens is 2. The number of urea groups is 1. The molecule has 170 valence electrons. The molecule has 2 heterocycles. The average molecular weight is 469 g/mol. The molecular formula is C27H24N4O2S. The summed E-state index contributed by atoms with van der Waals surface area (Å²) in [5, 5.41) is 7.39. The van der Waals surface area contributed by atoms with Gasteiger partial charge in [-0.25, -0.2) is 4.79 Å². The maximum absolute atomic E-state index is 13.3. The predicted octanol–water partition coefficient (Wildman–Crippen LogP) is 6.47. The van der Waals surface area contributed by atoms with E-state index in [4.69, 9.17) is 9.51 Å². The minimum atomic E-state index is -0.422. The molecule has 0 fully saturated rings. The van der Waals surface area contributed by atoms with Gasteiger partial charge in [0.2, 0.25) is 5.82 Å². The minimum Gasteiger partial charge on any atom is -0.334 e. The van der Waals surface area contributed by atoms with Crippen molar-refractivity contribution in [3.8, 4) is 11.4 Å². The number of para-hydroxylation sites is 1. The summed E-state index contributed by atoms with van der Waals surface area (Å²) in [6.07, 6.45) is 2.04. The lowest BCUT2D eigenvalue weighted by Gasteiger charge is -2.35. The monoisotopic (exact) mass is 468 g/mol. The van der Waals surface area contributed by atoms with E-state index in [1.165, 1.54) is 0 Å². The summed E-state index contributed by atoms with van der Waals surface area (Å²) in [5.74, 6) is 0.892. The smallest absolute Gasteiger partial charge is 0.326 e. The van der Waals surface area contributed by atoms with Crippen LogP contribution in [0.3, 0.4) is 0 Å². The van der Waals surface area contributed by atoms with Gasteiger partial charge in [0.05, 0.1) is 17.3 Å². The highest BCUT2D eigenvalue weighted by molar-refractivity contribution is 7.98. The van der Waals surface area contributed by atoms with Crippen molar-refractivity contribution in [1.29, 1.82) is 0 Å². The first-order valence-corrected chi connectivity index (χ1v) is 12.2. The number of nitrogens with one attached hydrogen (secondary N) is 1. The molecule has 1 aliphatic rings. The molecule has 1 N–H and O–H groups in total. The van der Waals surface area contributed by atoms with Crippen LogP contribution in [0.4, 0.5) is 10.5 Å². The van der Waals surface area contributed by atoms with E-state index in [9.17, 15) is 4.79 Å². The van der Waals surface area contributed by atoms with Crippen LogP contribution in [0.1, 0.15) is 30.0 Å². The van der Waals surface area contributed by atoms with Crippen molar-refractivity contribution < 1.29 is 9.32 Å². The van der Waals surface area contributed by atoms with Crippen LogP contribution in [0.25, 0.3) is 17.0 Å². The molecule has 0 aliphatic carbocycles. The highest BCUT2D eigenvalue weighted by Crippen LogP contribution is 2.39. The van der Waals surface area contributed by atoms with Crippen molar-refractivity contribution >= 4 is 29.1 Å². The normalized spacial score (nSPS) is 16.0. The summed E-state index contributed by atoms with van der Waals surface area (Å²) in [6, 6.07) is 25.1. The number of aryl methyl sites for hydroxylation is 1. The molecule has 1 unspecified atom stereocenters. The van der Waals surface area contributed by atoms with E-state index in [1.54, 1.807) is 16.7 Å². The van der Waals surface area contributed by atoms with Crippen LogP contribution in [0.2, 0.25) is 0 Å². The Kier molecular flexibility index (Phi) is 5.94. The Labute approximate surface area is 202 Å². The molecule has 3 aromatic carbocycles. The lowest BCUT2D eigenvalue weighted by molar-refractivity contribution is 0.244. The van der Waals surface area contributed by atoms with Gasteiger partial charge in [0.1, 0.15) is 0 Å². The van der Waals surface area contributed by atoms with E-state index >= 15 is 0 Å². The van der Waals surface area contributed by atoms with Crippen LogP contribution in [-0.4, -0.2) is 22.4 Å². The second-order valence-electron chi connectivity index (χ2n) is 8.11. The van der Waals surface area contributed by atoms with E-state index in [-0.39, 0.29) is 6.03 Å². The lowest BCUT2D eigenvalue weighted by atomic mass is 9.94. The molecule has 1 aliphatic heterocycles. The van der Waals surface area contributed by atoms with E-state index < -0.39 is 6.04 Å². The molecule has 0 bridgehead atoms. The topological polar surface area (TPSA) is 71.3 Å². The lowest BCUT2D eigenvalue weighted by Crippen LogP contribution is -2.46. The van der Waals surface area contributed by atoms with Crippen LogP contribution in [0.15, 0.2) is 94.0 Å². The van der Waals surface area contributed by atoms with Crippen LogP contribution in [-0.2, 0) is 0 Å². The molecule has 0 radical (unpaired) electrons. The van der Waals surface area contributed by atoms with Gasteiger partial charge in [0.25, 0.3) is 5.89 Å². The second-order valence-corrected chi connectivity index (χ2v) is 8.99. The average Bonchev–Trinajstić information content (AvgIpc) is 3.34. The molecule has 4 aromatic rings. The Morgan fingerprint density at radius 2 is 1.65 bits per heavy atom. The van der Waals surface area contributed by atoms with Crippen LogP contribution >= 0.6 is 11.8 Å². The Morgan fingerprint density at radius 1 is 0.941 bits per heavy atom. The fraction of sp³-hybridized carbons (Fsp3) is 0.148. The summed E-state index contributed by atoms with van der Waals surface area (Å²) in [6.45, 7) is 3.95. The molecule has 34 heavy (non-hydrogen) atoms. The molecule has 0 saturated heterocycles. The van der Waals surface area contributed by atoms with Crippen molar-refractivity contribution in [2.45, 2.75) is 24.8 Å². The Morgan fingerprint density at radius 3 is 2.32 bits per heavy atom. The van der Waals surface area contributed by atoms with Crippen LogP contribution in [0, 0.1) is 6.92 Å². The zero-order valence-corrected chi connectivity index (χ0v) is 20.0. The third kappa shape index (κ3) is 4.10. The van der Waals surface area contributed by atoms with Gasteiger partial charge < -0.3 is 9.84 Å². The van der Waals surface area contributed by atoms with Crippen molar-refractivity contribution in [2.75, 3.05) is 11.2 Å². The van der Waals surface area contributed by atoms with E-state index in [0.717, 1.165) is 38.5 Å². The summed E-state index contributed by atoms with van der Waals surface area (Å²) in [5.41, 5.74) is 5.26. The number of hydrogen-bond donors (Lipinski definition) is 1. The number of rotatable bonds is 5. The summed E-state index contributed by atoms with van der Waals surface area (Å²) >= 11 is 1.67. The molecule has 1 atom stereocenters. The Bertz CT molecular complexity index is 1350. The number of amides is 2. The van der Waals surface area contributed by atoms with Gasteiger partial charge in [-0.3, -0.25) is 4.90 Å². The van der Waals surface area contributed by atoms with E-state index in [0.29, 0.717) is 11.7 Å². The Hall–Kier alpha value is -3.84. The maximum Gasteiger partial charge on any atom is 0.326 e. The zero-order valence-electron chi connectivity index (χ0n) is 19.1. The van der Waals surface area contributed by atoms with Gasteiger partial charge >= 0.3 is 6.03 Å². The van der Waals surface area contributed by atoms with Gasteiger partial charge in [-0.15, -0.1) is 11.8 Å². The van der Waals surface area contributed by atoms with Crippen molar-refractivity contribution in [2.24, 2.45) is 0 Å². The number of hydrogen-bond acceptors (Lipinski definition) is 5. The SMILES string of the molecule is CSc1ccc(C2NC(=O)N(c3ccccc3)C(C)=C2c2nc(-c3ccc(C)cc3)no2)cc1. The fourth-order valence-electron chi connectivity index (χ4n) is 4.11. The minimum absolute atomic E-state index is 0.204. The standard InChI is InChI=1S/C27H24N4O2S/c1-17-9-11-20(12-10-17)25-29-26(33-30-25)23-18(2)31(21-7-5-4-6-8-21)27(32)28-24(23)19-13-15-22(34-3)16-14-19/h4-16,24H,1-3H3,(H,28,32). The Balaban J connectivity index is 1.63. The maximum atomic E-state index is 13.3. The highest BCUT2D eigenvalue weighted by Gasteiger charge is 2.36. The first kappa shape index (κ1) is 22.0. The van der Waals surface area contributed by atoms with Crippen LogP contribution < -0.4 is 10.2 Å². The number of nitrogens with zero attached hydrogens (tertiary/aromatic N) is 3. The highest BCUT2D eigenvalue weighted by atomic mass is 32.2. The molecule has 0 saturated carbocycles. The molecule has 1 aromatic heterocycles. The second kappa shape index (κ2) is 9.19. The van der Waals surface area contributed by atoms with Gasteiger partial charge in [-0.05, 0) is 49.9 Å². The number of thioether (sulfide) groups is 1. The number of carbonyl (C=O) groups is 1. The largest absolute Gasteiger partial charge is 0.334 e. The molecule has 6 nitrogen and oxygen atoms in total.